The summed E-state index contributed by atoms with van der Waals surface area (Å²) < 4.78 is 5.84. The van der Waals surface area contributed by atoms with E-state index in [1.807, 2.05) is 13.8 Å². The molecule has 6 nitrogen and oxygen atoms in total. The molecule has 0 spiro atoms. The Labute approximate surface area is 162 Å². The molecule has 0 bridgehead atoms. The second-order valence-corrected chi connectivity index (χ2v) is 8.92. The highest BCUT2D eigenvalue weighted by atomic mass is 32.1. The Kier molecular flexibility index (Phi) is 4.72. The number of ketones is 1. The van der Waals surface area contributed by atoms with Gasteiger partial charge < -0.3 is 4.74 Å². The number of fused-ring (bicyclic) bond motifs is 1. The number of benzene rings is 1. The van der Waals surface area contributed by atoms with E-state index in [2.05, 4.69) is 15.5 Å². The van der Waals surface area contributed by atoms with E-state index in [1.165, 1.54) is 30.6 Å². The third kappa shape index (κ3) is 3.88. The van der Waals surface area contributed by atoms with Gasteiger partial charge in [-0.2, -0.15) is 0 Å². The van der Waals surface area contributed by atoms with Crippen molar-refractivity contribution in [3.8, 4) is 5.75 Å². The van der Waals surface area contributed by atoms with Crippen molar-refractivity contribution in [3.05, 3.63) is 34.3 Å². The summed E-state index contributed by atoms with van der Waals surface area (Å²) in [7, 11) is 0. The summed E-state index contributed by atoms with van der Waals surface area (Å²) in [5.74, 6) is 0.695. The Morgan fingerprint density at radius 3 is 2.78 bits per heavy atom. The van der Waals surface area contributed by atoms with Crippen molar-refractivity contribution < 1.29 is 14.3 Å². The minimum Gasteiger partial charge on any atom is -0.487 e. The molecule has 1 aliphatic heterocycles. The Morgan fingerprint density at radius 1 is 1.22 bits per heavy atom. The first kappa shape index (κ1) is 18.1. The lowest BCUT2D eigenvalue weighted by Crippen LogP contribution is -2.36. The highest BCUT2D eigenvalue weighted by molar-refractivity contribution is 7.15. The van der Waals surface area contributed by atoms with Crippen LogP contribution < -0.4 is 10.1 Å². The van der Waals surface area contributed by atoms with Gasteiger partial charge in [0, 0.05) is 11.5 Å². The van der Waals surface area contributed by atoms with Crippen LogP contribution in [0.3, 0.4) is 0 Å². The van der Waals surface area contributed by atoms with E-state index in [9.17, 15) is 9.59 Å². The van der Waals surface area contributed by atoms with Crippen molar-refractivity contribution in [2.24, 2.45) is 0 Å². The van der Waals surface area contributed by atoms with Crippen LogP contribution in [-0.4, -0.2) is 27.5 Å². The first-order valence-corrected chi connectivity index (χ1v) is 10.2. The summed E-state index contributed by atoms with van der Waals surface area (Å²) in [5.41, 5.74) is 0.359. The number of nitrogens with zero attached hydrogens (tertiary/aromatic N) is 2. The molecule has 2 aromatic rings. The summed E-state index contributed by atoms with van der Waals surface area (Å²) >= 11 is 1.45. The molecular formula is C20H23N3O3S. The first-order chi connectivity index (χ1) is 12.9. The number of aromatic nitrogens is 2. The number of nitrogens with one attached hydrogen (secondary N) is 1. The summed E-state index contributed by atoms with van der Waals surface area (Å²) in [5, 5.41) is 12.7. The summed E-state index contributed by atoms with van der Waals surface area (Å²) in [6.45, 7) is 3.77. The Hall–Kier alpha value is -2.28. The van der Waals surface area contributed by atoms with Gasteiger partial charge in [0.25, 0.3) is 5.91 Å². The van der Waals surface area contributed by atoms with Crippen LogP contribution in [0.5, 0.6) is 5.75 Å². The minimum absolute atomic E-state index is 0.00796. The molecule has 2 heterocycles. The van der Waals surface area contributed by atoms with Crippen molar-refractivity contribution in [2.45, 2.75) is 63.9 Å². The number of carbonyl (C=O) groups is 2. The molecule has 1 aliphatic carbocycles. The van der Waals surface area contributed by atoms with E-state index < -0.39 is 5.60 Å². The van der Waals surface area contributed by atoms with Crippen LogP contribution in [0, 0.1) is 0 Å². The van der Waals surface area contributed by atoms with Gasteiger partial charge in [-0.25, -0.2) is 0 Å². The molecule has 1 N–H and O–H groups in total. The predicted octanol–water partition coefficient (Wildman–Crippen LogP) is 4.58. The van der Waals surface area contributed by atoms with Crippen molar-refractivity contribution >= 4 is 28.2 Å². The van der Waals surface area contributed by atoms with Gasteiger partial charge in [0.1, 0.15) is 16.4 Å². The lowest BCUT2D eigenvalue weighted by atomic mass is 9.90. The fraction of sp³-hybridized carbons (Fsp3) is 0.500. The third-order valence-electron chi connectivity index (χ3n) is 5.13. The summed E-state index contributed by atoms with van der Waals surface area (Å²) in [4.78, 5) is 25.0. The molecule has 27 heavy (non-hydrogen) atoms. The van der Waals surface area contributed by atoms with E-state index >= 15 is 0 Å². The minimum atomic E-state index is -0.518. The zero-order valence-corrected chi connectivity index (χ0v) is 16.4. The Morgan fingerprint density at radius 2 is 2.00 bits per heavy atom. The van der Waals surface area contributed by atoms with Crippen LogP contribution in [0.1, 0.15) is 84.0 Å². The van der Waals surface area contributed by atoms with Crippen LogP contribution in [0.25, 0.3) is 0 Å². The number of amides is 1. The van der Waals surface area contributed by atoms with E-state index in [0.717, 1.165) is 17.8 Å². The fourth-order valence-electron chi connectivity index (χ4n) is 3.76. The van der Waals surface area contributed by atoms with Crippen LogP contribution >= 0.6 is 11.3 Å². The van der Waals surface area contributed by atoms with Crippen LogP contribution in [-0.2, 0) is 0 Å². The van der Waals surface area contributed by atoms with Gasteiger partial charge in [-0.3, -0.25) is 14.9 Å². The number of carbonyl (C=O) groups excluding carboxylic acids is 2. The molecule has 2 aliphatic rings. The van der Waals surface area contributed by atoms with Gasteiger partial charge in [0.05, 0.1) is 12.0 Å². The Balaban J connectivity index is 1.48. The fourth-order valence-corrected chi connectivity index (χ4v) is 4.67. The number of rotatable bonds is 3. The monoisotopic (exact) mass is 385 g/mol. The zero-order valence-electron chi connectivity index (χ0n) is 15.6. The molecule has 1 amide bonds. The largest absolute Gasteiger partial charge is 0.487 e. The van der Waals surface area contributed by atoms with Gasteiger partial charge >= 0.3 is 0 Å². The predicted molar refractivity (Wildman–Crippen MR) is 104 cm³/mol. The quantitative estimate of drug-likeness (QED) is 0.836. The van der Waals surface area contributed by atoms with Gasteiger partial charge in [0.15, 0.2) is 5.78 Å². The number of ether oxygens (including phenoxy) is 1. The normalized spacial score (nSPS) is 19.3. The van der Waals surface area contributed by atoms with Crippen LogP contribution in [0.15, 0.2) is 18.2 Å². The van der Waals surface area contributed by atoms with Crippen molar-refractivity contribution in [2.75, 3.05) is 5.32 Å². The van der Waals surface area contributed by atoms with Crippen molar-refractivity contribution in [1.82, 2.24) is 10.2 Å². The van der Waals surface area contributed by atoms with Crippen molar-refractivity contribution in [3.63, 3.8) is 0 Å². The van der Waals surface area contributed by atoms with Crippen LogP contribution in [0.2, 0.25) is 0 Å². The molecule has 1 fully saturated rings. The first-order valence-electron chi connectivity index (χ1n) is 9.42. The molecule has 1 aromatic carbocycles. The highest BCUT2D eigenvalue weighted by Gasteiger charge is 2.33. The average Bonchev–Trinajstić information content (AvgIpc) is 3.10. The van der Waals surface area contributed by atoms with Gasteiger partial charge in [-0.05, 0) is 44.9 Å². The summed E-state index contributed by atoms with van der Waals surface area (Å²) in [6.07, 6.45) is 6.34. The highest BCUT2D eigenvalue weighted by Crippen LogP contribution is 2.36. The smallest absolute Gasteiger partial charge is 0.257 e. The molecule has 142 valence electrons. The van der Waals surface area contributed by atoms with Crippen LogP contribution in [0.4, 0.5) is 5.13 Å². The number of anilines is 1. The molecule has 7 heteroatoms. The SMILES string of the molecule is CC1(C)CC(=O)c2cc(C(=O)Nc3nnc(C4CCCCC4)s3)ccc2O1. The van der Waals surface area contributed by atoms with Gasteiger partial charge in [-0.1, -0.05) is 30.6 Å². The second-order valence-electron chi connectivity index (χ2n) is 7.91. The van der Waals surface area contributed by atoms with E-state index in [4.69, 9.17) is 4.74 Å². The third-order valence-corrected chi connectivity index (χ3v) is 6.13. The molecule has 0 saturated heterocycles. The maximum Gasteiger partial charge on any atom is 0.257 e. The molecule has 0 unspecified atom stereocenters. The molecular weight excluding hydrogens is 362 g/mol. The topological polar surface area (TPSA) is 81.2 Å². The molecule has 0 atom stereocenters. The molecule has 1 aromatic heterocycles. The number of hydrogen-bond donors (Lipinski definition) is 1. The van der Waals surface area contributed by atoms with E-state index in [1.54, 1.807) is 18.2 Å². The molecule has 4 rings (SSSR count). The zero-order chi connectivity index (χ0) is 19.0. The maximum absolute atomic E-state index is 12.6. The van der Waals surface area contributed by atoms with Crippen molar-refractivity contribution in [1.29, 1.82) is 0 Å². The van der Waals surface area contributed by atoms with Gasteiger partial charge in [-0.15, -0.1) is 10.2 Å². The standard InChI is InChI=1S/C20H23N3O3S/c1-20(2)11-15(24)14-10-13(8-9-16(14)26-20)17(25)21-19-23-22-18(27-19)12-6-4-3-5-7-12/h8-10,12H,3-7,11H2,1-2H3,(H,21,23,25). The molecule has 0 radical (unpaired) electrons. The Bertz CT molecular complexity index is 884. The maximum atomic E-state index is 12.6. The van der Waals surface area contributed by atoms with E-state index in [0.29, 0.717) is 34.3 Å². The summed E-state index contributed by atoms with van der Waals surface area (Å²) in [6, 6.07) is 4.97. The van der Waals surface area contributed by atoms with E-state index in [-0.39, 0.29) is 11.7 Å². The lowest BCUT2D eigenvalue weighted by molar-refractivity contribution is 0.0620. The lowest BCUT2D eigenvalue weighted by Gasteiger charge is -2.31. The number of Topliss-reactive ketones (excluding diaryl/α,β-unsaturated/α-hetero) is 1. The molecule has 1 saturated carbocycles. The number of hydrogen-bond acceptors (Lipinski definition) is 6. The second kappa shape index (κ2) is 7.03. The average molecular weight is 385 g/mol. The van der Waals surface area contributed by atoms with Gasteiger partial charge in [0.2, 0.25) is 5.13 Å².